The van der Waals surface area contributed by atoms with Crippen LogP contribution in [0.5, 0.6) is 11.5 Å². The van der Waals surface area contributed by atoms with Gasteiger partial charge in [0.2, 0.25) is 0 Å². The minimum atomic E-state index is 0.463. The fraction of sp³-hybridized carbons (Fsp3) is 0.100. The van der Waals surface area contributed by atoms with Crippen LogP contribution in [0.4, 0.5) is 5.82 Å². The molecule has 0 radical (unpaired) electrons. The largest absolute Gasteiger partial charge is 0.493 e. The molecule has 132 valence electrons. The molecule has 0 fully saturated rings. The molecular formula is C20H18BrN3O2. The van der Waals surface area contributed by atoms with Crippen LogP contribution in [0.25, 0.3) is 0 Å². The van der Waals surface area contributed by atoms with E-state index in [1.165, 1.54) is 0 Å². The zero-order valence-electron chi connectivity index (χ0n) is 14.2. The van der Waals surface area contributed by atoms with Crippen molar-refractivity contribution < 1.29 is 9.47 Å². The van der Waals surface area contributed by atoms with Crippen LogP contribution in [-0.4, -0.2) is 18.3 Å². The van der Waals surface area contributed by atoms with E-state index in [1.54, 1.807) is 19.5 Å². The molecule has 0 aliphatic rings. The fourth-order valence-electron chi connectivity index (χ4n) is 2.29. The van der Waals surface area contributed by atoms with Crippen molar-refractivity contribution in [2.75, 3.05) is 12.5 Å². The molecule has 3 rings (SSSR count). The summed E-state index contributed by atoms with van der Waals surface area (Å²) in [6.45, 7) is 0.463. The van der Waals surface area contributed by atoms with Gasteiger partial charge in [-0.05, 0) is 51.3 Å². The average Bonchev–Trinajstić information content (AvgIpc) is 2.68. The first-order chi connectivity index (χ1) is 12.8. The number of hydrazone groups is 1. The van der Waals surface area contributed by atoms with Crippen molar-refractivity contribution in [2.45, 2.75) is 6.61 Å². The minimum absolute atomic E-state index is 0.463. The predicted octanol–water partition coefficient (Wildman–Crippen LogP) is 4.88. The predicted molar refractivity (Wildman–Crippen MR) is 107 cm³/mol. The molecule has 0 bridgehead atoms. The van der Waals surface area contributed by atoms with Gasteiger partial charge in [0.15, 0.2) is 11.5 Å². The molecule has 1 N–H and O–H groups in total. The Bertz CT molecular complexity index is 871. The van der Waals surface area contributed by atoms with E-state index in [0.29, 0.717) is 23.9 Å². The highest BCUT2D eigenvalue weighted by Gasteiger charge is 2.11. The molecule has 1 aromatic heterocycles. The molecule has 5 nitrogen and oxygen atoms in total. The monoisotopic (exact) mass is 411 g/mol. The molecule has 6 heteroatoms. The van der Waals surface area contributed by atoms with Crippen LogP contribution in [-0.2, 0) is 6.61 Å². The second-order valence-electron chi connectivity index (χ2n) is 5.39. The van der Waals surface area contributed by atoms with Gasteiger partial charge in [0.05, 0.1) is 17.8 Å². The number of nitrogens with one attached hydrogen (secondary N) is 1. The lowest BCUT2D eigenvalue weighted by atomic mass is 10.2. The second kappa shape index (κ2) is 9.01. The summed E-state index contributed by atoms with van der Waals surface area (Å²) in [7, 11) is 1.62. The van der Waals surface area contributed by atoms with E-state index in [0.717, 1.165) is 15.6 Å². The number of anilines is 1. The number of hydrogen-bond donors (Lipinski definition) is 1. The van der Waals surface area contributed by atoms with Crippen LogP contribution in [0.15, 0.2) is 76.4 Å². The van der Waals surface area contributed by atoms with Gasteiger partial charge in [0.25, 0.3) is 0 Å². The van der Waals surface area contributed by atoms with Gasteiger partial charge in [-0.25, -0.2) is 4.98 Å². The lowest BCUT2D eigenvalue weighted by Crippen LogP contribution is -2.00. The molecule has 0 unspecified atom stereocenters. The van der Waals surface area contributed by atoms with Gasteiger partial charge >= 0.3 is 0 Å². The molecule has 0 spiro atoms. The summed E-state index contributed by atoms with van der Waals surface area (Å²) in [5.41, 5.74) is 4.84. The van der Waals surface area contributed by atoms with Crippen molar-refractivity contribution >= 4 is 28.0 Å². The molecule has 3 aromatic rings. The Morgan fingerprint density at radius 3 is 2.65 bits per heavy atom. The van der Waals surface area contributed by atoms with E-state index in [4.69, 9.17) is 9.47 Å². The Labute approximate surface area is 160 Å². The standard InChI is InChI=1S/C20H18BrN3O2/c1-25-18-12-16(13-23-24-19-9-5-6-10-22-19)11-17(21)20(18)26-14-15-7-3-2-4-8-15/h2-13H,14H2,1H3,(H,22,24)/b23-13+. The number of hydrogen-bond acceptors (Lipinski definition) is 5. The summed E-state index contributed by atoms with van der Waals surface area (Å²) in [5, 5.41) is 4.20. The second-order valence-corrected chi connectivity index (χ2v) is 6.25. The van der Waals surface area contributed by atoms with Crippen LogP contribution in [0.2, 0.25) is 0 Å². The van der Waals surface area contributed by atoms with Crippen LogP contribution in [0.1, 0.15) is 11.1 Å². The number of rotatable bonds is 7. The molecular weight excluding hydrogens is 394 g/mol. The SMILES string of the molecule is COc1cc(/C=N/Nc2ccccn2)cc(Br)c1OCc1ccccc1. The van der Waals surface area contributed by atoms with Crippen LogP contribution in [0.3, 0.4) is 0 Å². The maximum atomic E-state index is 5.93. The van der Waals surface area contributed by atoms with E-state index in [9.17, 15) is 0 Å². The topological polar surface area (TPSA) is 55.7 Å². The van der Waals surface area contributed by atoms with Crippen LogP contribution < -0.4 is 14.9 Å². The maximum Gasteiger partial charge on any atom is 0.175 e. The number of benzene rings is 2. The lowest BCUT2D eigenvalue weighted by molar-refractivity contribution is 0.282. The van der Waals surface area contributed by atoms with Crippen molar-refractivity contribution in [1.82, 2.24) is 4.98 Å². The molecule has 0 atom stereocenters. The molecule has 0 amide bonds. The Hall–Kier alpha value is -2.86. The third kappa shape index (κ3) is 4.83. The van der Waals surface area contributed by atoms with Gasteiger partial charge in [0, 0.05) is 6.20 Å². The lowest BCUT2D eigenvalue weighted by Gasteiger charge is -2.13. The van der Waals surface area contributed by atoms with E-state index < -0.39 is 0 Å². The number of nitrogens with zero attached hydrogens (tertiary/aromatic N) is 2. The normalized spacial score (nSPS) is 10.7. The van der Waals surface area contributed by atoms with Gasteiger partial charge in [-0.2, -0.15) is 5.10 Å². The molecule has 0 saturated heterocycles. The molecule has 26 heavy (non-hydrogen) atoms. The zero-order chi connectivity index (χ0) is 18.2. The maximum absolute atomic E-state index is 5.93. The Kier molecular flexibility index (Phi) is 6.22. The van der Waals surface area contributed by atoms with Crippen molar-refractivity contribution in [3.8, 4) is 11.5 Å². The van der Waals surface area contributed by atoms with Crippen molar-refractivity contribution in [1.29, 1.82) is 0 Å². The van der Waals surface area contributed by atoms with E-state index >= 15 is 0 Å². The van der Waals surface area contributed by atoms with Gasteiger partial charge in [-0.15, -0.1) is 0 Å². The summed E-state index contributed by atoms with van der Waals surface area (Å²) in [5.74, 6) is 1.97. The highest BCUT2D eigenvalue weighted by molar-refractivity contribution is 9.10. The molecule has 0 aliphatic heterocycles. The van der Waals surface area contributed by atoms with E-state index in [-0.39, 0.29) is 0 Å². The summed E-state index contributed by atoms with van der Waals surface area (Å²) in [6.07, 6.45) is 3.40. The summed E-state index contributed by atoms with van der Waals surface area (Å²) >= 11 is 3.55. The van der Waals surface area contributed by atoms with Crippen LogP contribution in [0, 0.1) is 0 Å². The summed E-state index contributed by atoms with van der Waals surface area (Å²) < 4.78 is 12.2. The Balaban J connectivity index is 1.72. The van der Waals surface area contributed by atoms with Crippen molar-refractivity contribution in [3.63, 3.8) is 0 Å². The highest BCUT2D eigenvalue weighted by atomic mass is 79.9. The number of ether oxygens (including phenoxy) is 2. The fourth-order valence-corrected chi connectivity index (χ4v) is 2.86. The number of methoxy groups -OCH3 is 1. The minimum Gasteiger partial charge on any atom is -0.493 e. The summed E-state index contributed by atoms with van der Waals surface area (Å²) in [4.78, 5) is 4.15. The zero-order valence-corrected chi connectivity index (χ0v) is 15.8. The molecule has 0 saturated carbocycles. The number of halogens is 1. The Morgan fingerprint density at radius 2 is 1.92 bits per heavy atom. The highest BCUT2D eigenvalue weighted by Crippen LogP contribution is 2.36. The molecule has 1 heterocycles. The number of pyridine rings is 1. The van der Waals surface area contributed by atoms with E-state index in [2.05, 4.69) is 31.4 Å². The average molecular weight is 412 g/mol. The molecule has 0 aliphatic carbocycles. The quantitative estimate of drug-likeness (QED) is 0.444. The number of aromatic nitrogens is 1. The van der Waals surface area contributed by atoms with E-state index in [1.807, 2.05) is 60.7 Å². The first-order valence-corrected chi connectivity index (χ1v) is 8.80. The van der Waals surface area contributed by atoms with Crippen molar-refractivity contribution in [3.05, 3.63) is 82.5 Å². The van der Waals surface area contributed by atoms with Crippen LogP contribution >= 0.6 is 15.9 Å². The van der Waals surface area contributed by atoms with Gasteiger partial charge in [0.1, 0.15) is 12.4 Å². The summed E-state index contributed by atoms with van der Waals surface area (Å²) in [6, 6.07) is 19.4. The van der Waals surface area contributed by atoms with Gasteiger partial charge in [-0.3, -0.25) is 5.43 Å². The third-order valence-electron chi connectivity index (χ3n) is 3.54. The molecule has 2 aromatic carbocycles. The van der Waals surface area contributed by atoms with Gasteiger partial charge < -0.3 is 9.47 Å². The Morgan fingerprint density at radius 1 is 1.12 bits per heavy atom. The smallest absolute Gasteiger partial charge is 0.175 e. The van der Waals surface area contributed by atoms with Gasteiger partial charge in [-0.1, -0.05) is 36.4 Å². The third-order valence-corrected chi connectivity index (χ3v) is 4.12. The first kappa shape index (κ1) is 17.9. The first-order valence-electron chi connectivity index (χ1n) is 8.00. The van der Waals surface area contributed by atoms with Crippen molar-refractivity contribution in [2.24, 2.45) is 5.10 Å².